The average Bonchev–Trinajstić information content (AvgIpc) is 2.31. The van der Waals surface area contributed by atoms with Gasteiger partial charge in [0.05, 0.1) is 6.33 Å². The van der Waals surface area contributed by atoms with Crippen molar-refractivity contribution >= 4 is 15.9 Å². The summed E-state index contributed by atoms with van der Waals surface area (Å²) in [6, 6.07) is 0. The Morgan fingerprint density at radius 2 is 2.31 bits per heavy atom. The third-order valence-electron chi connectivity index (χ3n) is 2.25. The minimum Gasteiger partial charge on any atom is -0.336 e. The minimum absolute atomic E-state index is 0.0167. The van der Waals surface area contributed by atoms with Crippen LogP contribution in [0.2, 0.25) is 0 Å². The van der Waals surface area contributed by atoms with Crippen molar-refractivity contribution in [2.75, 3.05) is 0 Å². The van der Waals surface area contributed by atoms with Crippen LogP contribution in [0.3, 0.4) is 0 Å². The normalized spacial score (nSPS) is 21.5. The predicted octanol–water partition coefficient (Wildman–Crippen LogP) is 2.69. The highest BCUT2D eigenvalue weighted by molar-refractivity contribution is 9.10. The van der Waals surface area contributed by atoms with Crippen LogP contribution in [0.15, 0.2) is 17.1 Å². The lowest BCUT2D eigenvalue weighted by molar-refractivity contribution is -0.114. The summed E-state index contributed by atoms with van der Waals surface area (Å²) in [5.74, 6) is -2.31. The van der Waals surface area contributed by atoms with E-state index in [2.05, 4.69) is 20.9 Å². The number of hydrogen-bond donors (Lipinski definition) is 0. The lowest BCUT2D eigenvalue weighted by Gasteiger charge is -2.34. The van der Waals surface area contributed by atoms with E-state index in [1.807, 2.05) is 4.57 Å². The van der Waals surface area contributed by atoms with Crippen molar-refractivity contribution in [3.05, 3.63) is 17.1 Å². The van der Waals surface area contributed by atoms with Gasteiger partial charge in [0.15, 0.2) is 0 Å². The summed E-state index contributed by atoms with van der Waals surface area (Å²) in [5.41, 5.74) is 0. The molecule has 0 aliphatic heterocycles. The van der Waals surface area contributed by atoms with Crippen molar-refractivity contribution in [3.63, 3.8) is 0 Å². The summed E-state index contributed by atoms with van der Waals surface area (Å²) in [6.07, 6.45) is 3.49. The van der Waals surface area contributed by atoms with Crippen LogP contribution in [0.5, 0.6) is 0 Å². The fourth-order valence-corrected chi connectivity index (χ4v) is 2.00. The van der Waals surface area contributed by atoms with Crippen molar-refractivity contribution in [2.45, 2.75) is 25.3 Å². The maximum atomic E-state index is 12.5. The van der Waals surface area contributed by atoms with Crippen molar-refractivity contribution in [1.29, 1.82) is 0 Å². The summed E-state index contributed by atoms with van der Waals surface area (Å²) in [4.78, 5) is 3.96. The largest absolute Gasteiger partial charge is 0.336 e. The molecule has 0 atom stereocenters. The number of rotatable bonds is 2. The van der Waals surface area contributed by atoms with Crippen molar-refractivity contribution in [2.24, 2.45) is 5.92 Å². The number of alkyl halides is 2. The highest BCUT2D eigenvalue weighted by atomic mass is 79.9. The van der Waals surface area contributed by atoms with Gasteiger partial charge in [-0.1, -0.05) is 0 Å². The van der Waals surface area contributed by atoms with Gasteiger partial charge in [-0.25, -0.2) is 13.8 Å². The summed E-state index contributed by atoms with van der Waals surface area (Å²) in [7, 11) is 0. The van der Waals surface area contributed by atoms with E-state index in [1.54, 1.807) is 12.5 Å². The molecule has 1 fully saturated rings. The molecule has 72 valence electrons. The van der Waals surface area contributed by atoms with Gasteiger partial charge < -0.3 is 4.57 Å². The van der Waals surface area contributed by atoms with Crippen LogP contribution in [0, 0.1) is 5.92 Å². The van der Waals surface area contributed by atoms with Gasteiger partial charge in [-0.2, -0.15) is 0 Å². The predicted molar refractivity (Wildman–Crippen MR) is 47.6 cm³/mol. The second-order valence-electron chi connectivity index (χ2n) is 3.52. The molecule has 1 aromatic heterocycles. The monoisotopic (exact) mass is 250 g/mol. The average molecular weight is 251 g/mol. The van der Waals surface area contributed by atoms with E-state index in [9.17, 15) is 8.78 Å². The van der Waals surface area contributed by atoms with Crippen LogP contribution >= 0.6 is 15.9 Å². The van der Waals surface area contributed by atoms with Gasteiger partial charge in [0, 0.05) is 25.6 Å². The van der Waals surface area contributed by atoms with Gasteiger partial charge in [-0.15, -0.1) is 0 Å². The highest BCUT2D eigenvalue weighted by Crippen LogP contribution is 2.43. The zero-order chi connectivity index (χ0) is 9.47. The molecule has 0 N–H and O–H groups in total. The first-order chi connectivity index (χ1) is 6.05. The van der Waals surface area contributed by atoms with E-state index in [0.29, 0.717) is 6.54 Å². The first-order valence-electron chi connectivity index (χ1n) is 4.10. The summed E-state index contributed by atoms with van der Waals surface area (Å²) in [6.45, 7) is 0.647. The molecule has 2 rings (SSSR count). The van der Waals surface area contributed by atoms with E-state index in [-0.39, 0.29) is 18.8 Å². The lowest BCUT2D eigenvalue weighted by atomic mass is 9.81. The Hall–Kier alpha value is -0.450. The van der Waals surface area contributed by atoms with Crippen molar-refractivity contribution in [3.8, 4) is 0 Å². The molecule has 0 unspecified atom stereocenters. The number of imidazole rings is 1. The molecule has 0 bridgehead atoms. The van der Waals surface area contributed by atoms with E-state index in [0.717, 1.165) is 4.60 Å². The molecule has 0 radical (unpaired) electrons. The Balaban J connectivity index is 1.87. The Bertz CT molecular complexity index is 303. The Labute approximate surface area is 83.1 Å². The number of halogens is 3. The first-order valence-corrected chi connectivity index (χ1v) is 4.89. The molecule has 1 aliphatic rings. The van der Waals surface area contributed by atoms with Gasteiger partial charge in [0.25, 0.3) is 0 Å². The number of hydrogen-bond acceptors (Lipinski definition) is 1. The Kier molecular flexibility index (Phi) is 2.14. The van der Waals surface area contributed by atoms with E-state index in [4.69, 9.17) is 0 Å². The van der Waals surface area contributed by atoms with Crippen molar-refractivity contribution < 1.29 is 8.78 Å². The zero-order valence-electron chi connectivity index (χ0n) is 6.88. The molecule has 0 saturated heterocycles. The number of nitrogens with zero attached hydrogens (tertiary/aromatic N) is 2. The van der Waals surface area contributed by atoms with Crippen LogP contribution in [0.25, 0.3) is 0 Å². The van der Waals surface area contributed by atoms with Gasteiger partial charge in [-0.05, 0) is 21.8 Å². The molecule has 1 aliphatic carbocycles. The molecular formula is C8H9BrF2N2. The molecule has 5 heteroatoms. The van der Waals surface area contributed by atoms with Crippen LogP contribution in [0.4, 0.5) is 8.78 Å². The molecule has 1 aromatic rings. The Morgan fingerprint density at radius 1 is 1.62 bits per heavy atom. The van der Waals surface area contributed by atoms with Crippen molar-refractivity contribution in [1.82, 2.24) is 9.55 Å². The van der Waals surface area contributed by atoms with Crippen LogP contribution in [0.1, 0.15) is 12.8 Å². The quantitative estimate of drug-likeness (QED) is 0.790. The van der Waals surface area contributed by atoms with Gasteiger partial charge in [0.2, 0.25) is 5.92 Å². The fourth-order valence-electron chi connectivity index (χ4n) is 1.64. The third kappa shape index (κ3) is 2.07. The van der Waals surface area contributed by atoms with E-state index < -0.39 is 5.92 Å². The Morgan fingerprint density at radius 3 is 2.77 bits per heavy atom. The zero-order valence-corrected chi connectivity index (χ0v) is 8.47. The lowest BCUT2D eigenvalue weighted by Crippen LogP contribution is -2.37. The summed E-state index contributed by atoms with van der Waals surface area (Å²) >= 11 is 3.20. The molecule has 0 amide bonds. The van der Waals surface area contributed by atoms with Gasteiger partial charge in [-0.3, -0.25) is 0 Å². The van der Waals surface area contributed by atoms with Gasteiger partial charge in [0.1, 0.15) is 4.60 Å². The summed E-state index contributed by atoms with van der Waals surface area (Å²) < 4.78 is 27.5. The van der Waals surface area contributed by atoms with Crippen LogP contribution in [-0.2, 0) is 6.54 Å². The first kappa shape index (κ1) is 9.12. The number of aromatic nitrogens is 2. The molecule has 0 spiro atoms. The molecule has 2 nitrogen and oxygen atoms in total. The van der Waals surface area contributed by atoms with Gasteiger partial charge >= 0.3 is 0 Å². The maximum Gasteiger partial charge on any atom is 0.248 e. The molecule has 13 heavy (non-hydrogen) atoms. The van der Waals surface area contributed by atoms with Crippen LogP contribution in [-0.4, -0.2) is 15.5 Å². The fraction of sp³-hybridized carbons (Fsp3) is 0.625. The smallest absolute Gasteiger partial charge is 0.248 e. The molecule has 0 aromatic carbocycles. The second kappa shape index (κ2) is 3.04. The second-order valence-corrected chi connectivity index (χ2v) is 4.34. The third-order valence-corrected chi connectivity index (χ3v) is 2.65. The van der Waals surface area contributed by atoms with E-state index >= 15 is 0 Å². The topological polar surface area (TPSA) is 17.8 Å². The SMILES string of the molecule is FC1(F)CC(Cn2cnc(Br)c2)C1. The molecular weight excluding hydrogens is 242 g/mol. The minimum atomic E-state index is -2.41. The van der Waals surface area contributed by atoms with E-state index in [1.165, 1.54) is 0 Å². The standard InChI is InChI=1S/C8H9BrF2N2/c9-7-4-13(5-12-7)3-6-1-8(10,11)2-6/h4-6H,1-3H2. The van der Waals surface area contributed by atoms with Crippen LogP contribution < -0.4 is 0 Å². The molecule has 1 saturated carbocycles. The maximum absolute atomic E-state index is 12.5. The summed E-state index contributed by atoms with van der Waals surface area (Å²) in [5, 5.41) is 0. The highest BCUT2D eigenvalue weighted by Gasteiger charge is 2.44. The molecule has 1 heterocycles.